The molecule has 1 aliphatic rings. The topological polar surface area (TPSA) is 47.9 Å². The van der Waals surface area contributed by atoms with Gasteiger partial charge in [-0.2, -0.15) is 0 Å². The number of thiophene rings is 1. The lowest BCUT2D eigenvalue weighted by atomic mass is 9.89. The molecule has 0 fully saturated rings. The predicted molar refractivity (Wildman–Crippen MR) is 121 cm³/mol. The smallest absolute Gasteiger partial charge is 0.126 e. The molecule has 148 valence electrons. The van der Waals surface area contributed by atoms with Crippen molar-refractivity contribution in [2.24, 2.45) is 0 Å². The van der Waals surface area contributed by atoms with Crippen LogP contribution in [0.15, 0.2) is 35.6 Å². The Morgan fingerprint density at radius 3 is 2.86 bits per heavy atom. The Balaban J connectivity index is 1.63. The summed E-state index contributed by atoms with van der Waals surface area (Å²) in [6.07, 6.45) is 2.53. The lowest BCUT2D eigenvalue weighted by molar-refractivity contribution is -0.0400. The maximum absolute atomic E-state index is 6.33. The number of pyridine rings is 1. The van der Waals surface area contributed by atoms with E-state index in [9.17, 15) is 0 Å². The summed E-state index contributed by atoms with van der Waals surface area (Å²) in [5, 5.41) is 2.94. The van der Waals surface area contributed by atoms with Gasteiger partial charge in [0.15, 0.2) is 0 Å². The van der Waals surface area contributed by atoms with Gasteiger partial charge in [-0.1, -0.05) is 29.8 Å². The van der Waals surface area contributed by atoms with E-state index in [1.165, 1.54) is 16.5 Å². The van der Waals surface area contributed by atoms with Crippen molar-refractivity contribution in [3.63, 3.8) is 0 Å². The Labute approximate surface area is 182 Å². The lowest BCUT2D eigenvalue weighted by Crippen LogP contribution is -2.32. The molecule has 0 spiro atoms. The van der Waals surface area contributed by atoms with E-state index in [4.69, 9.17) is 21.3 Å². The summed E-state index contributed by atoms with van der Waals surface area (Å²) in [6, 6.07) is 7.95. The van der Waals surface area contributed by atoms with E-state index in [1.807, 2.05) is 18.2 Å². The van der Waals surface area contributed by atoms with E-state index in [-0.39, 0.29) is 5.60 Å². The quantitative estimate of drug-likeness (QED) is 0.274. The number of rotatable bonds is 3. The molecule has 1 aliphatic heterocycles. The summed E-state index contributed by atoms with van der Waals surface area (Å²) >= 11 is 9.71. The molecular weight excluding hydrogens is 422 g/mol. The molecule has 0 amide bonds. The van der Waals surface area contributed by atoms with E-state index in [1.54, 1.807) is 29.4 Å². The van der Waals surface area contributed by atoms with Crippen LogP contribution < -0.4 is 0 Å². The number of hydrogen-bond donors (Lipinski definition) is 0. The summed E-state index contributed by atoms with van der Waals surface area (Å²) < 4.78 is 7.15. The van der Waals surface area contributed by atoms with Gasteiger partial charge in [0.25, 0.3) is 0 Å². The molecule has 4 aromatic rings. The molecule has 4 nitrogen and oxygen atoms in total. The van der Waals surface area contributed by atoms with E-state index in [0.29, 0.717) is 6.61 Å². The molecular formula is C22H20ClN3OS2. The van der Waals surface area contributed by atoms with Crippen LogP contribution in [0.3, 0.4) is 0 Å². The zero-order chi connectivity index (χ0) is 20.2. The number of fused-ring (bicyclic) bond motifs is 5. The third-order valence-electron chi connectivity index (χ3n) is 5.32. The first-order chi connectivity index (χ1) is 13.9. The first-order valence-corrected chi connectivity index (χ1v) is 11.7. The van der Waals surface area contributed by atoms with E-state index >= 15 is 0 Å². The minimum absolute atomic E-state index is 0.184. The van der Waals surface area contributed by atoms with Crippen molar-refractivity contribution in [2.75, 3.05) is 0 Å². The van der Waals surface area contributed by atoms with Crippen LogP contribution in [0.25, 0.3) is 20.4 Å². The van der Waals surface area contributed by atoms with Gasteiger partial charge in [-0.25, -0.2) is 15.0 Å². The molecule has 0 radical (unpaired) electrons. The highest BCUT2D eigenvalue weighted by atomic mass is 35.5. The average Bonchev–Trinajstić information content (AvgIpc) is 3.05. The minimum Gasteiger partial charge on any atom is -0.370 e. The van der Waals surface area contributed by atoms with Crippen molar-refractivity contribution in [3.8, 4) is 0 Å². The Hall–Kier alpha value is -1.73. The number of benzene rings is 1. The van der Waals surface area contributed by atoms with Crippen molar-refractivity contribution >= 4 is 55.1 Å². The van der Waals surface area contributed by atoms with Crippen LogP contribution in [-0.2, 0) is 23.5 Å². The van der Waals surface area contributed by atoms with Crippen LogP contribution >= 0.6 is 34.7 Å². The van der Waals surface area contributed by atoms with Crippen LogP contribution in [0.2, 0.25) is 5.02 Å². The Morgan fingerprint density at radius 2 is 2.03 bits per heavy atom. The standard InChI is InChI=1S/C22H20ClN3OS2/c1-12-15-9-27-22(2,3)8-14(15)17-18-19(29-20(17)26-12)21(25-11-24-18)28-10-13-6-4-5-7-16(13)23/h4-7,11H,8-10H2,1-3H3. The molecule has 3 aromatic heterocycles. The SMILES string of the molecule is Cc1nc2sc3c(SCc4ccccc4Cl)ncnc3c2c2c1COC(C)(C)C2. The third kappa shape index (κ3) is 3.42. The second kappa shape index (κ2) is 7.20. The lowest BCUT2D eigenvalue weighted by Gasteiger charge is -2.32. The summed E-state index contributed by atoms with van der Waals surface area (Å²) in [7, 11) is 0. The molecule has 1 aromatic carbocycles. The van der Waals surface area contributed by atoms with Gasteiger partial charge >= 0.3 is 0 Å². The molecule has 0 bridgehead atoms. The van der Waals surface area contributed by atoms with Gasteiger partial charge in [-0.15, -0.1) is 23.1 Å². The summed E-state index contributed by atoms with van der Waals surface area (Å²) in [5.41, 5.74) is 5.51. The average molecular weight is 442 g/mol. The van der Waals surface area contributed by atoms with Gasteiger partial charge < -0.3 is 4.74 Å². The van der Waals surface area contributed by atoms with Crippen LogP contribution in [-0.4, -0.2) is 20.6 Å². The Kier molecular flexibility index (Phi) is 4.78. The number of halogens is 1. The van der Waals surface area contributed by atoms with Gasteiger partial charge in [0.1, 0.15) is 16.2 Å². The van der Waals surface area contributed by atoms with Crippen molar-refractivity contribution in [1.82, 2.24) is 15.0 Å². The maximum atomic E-state index is 6.33. The number of ether oxygens (including phenoxy) is 1. The highest BCUT2D eigenvalue weighted by Crippen LogP contribution is 2.43. The van der Waals surface area contributed by atoms with Crippen LogP contribution in [0.1, 0.15) is 36.2 Å². The fourth-order valence-corrected chi connectivity index (χ4v) is 6.38. The summed E-state index contributed by atoms with van der Waals surface area (Å²) in [4.78, 5) is 15.2. The highest BCUT2D eigenvalue weighted by Gasteiger charge is 2.30. The van der Waals surface area contributed by atoms with E-state index in [0.717, 1.165) is 48.5 Å². The normalized spacial score (nSPS) is 15.7. The molecule has 0 unspecified atom stereocenters. The number of nitrogens with zero attached hydrogens (tertiary/aromatic N) is 3. The van der Waals surface area contributed by atoms with Gasteiger partial charge in [-0.3, -0.25) is 0 Å². The monoisotopic (exact) mass is 441 g/mol. The highest BCUT2D eigenvalue weighted by molar-refractivity contribution is 7.98. The second-order valence-electron chi connectivity index (χ2n) is 7.90. The number of hydrogen-bond acceptors (Lipinski definition) is 6. The molecule has 0 N–H and O–H groups in total. The fourth-order valence-electron chi connectivity index (χ4n) is 3.81. The molecule has 4 heterocycles. The molecule has 29 heavy (non-hydrogen) atoms. The molecule has 0 aliphatic carbocycles. The minimum atomic E-state index is -0.184. The third-order valence-corrected chi connectivity index (χ3v) is 7.94. The zero-order valence-corrected chi connectivity index (χ0v) is 18.8. The van der Waals surface area contributed by atoms with Crippen LogP contribution in [0.5, 0.6) is 0 Å². The first-order valence-electron chi connectivity index (χ1n) is 9.49. The molecule has 5 rings (SSSR count). The van der Waals surface area contributed by atoms with Crippen molar-refractivity contribution in [3.05, 3.63) is 58.0 Å². The molecule has 0 atom stereocenters. The van der Waals surface area contributed by atoms with Crippen LogP contribution in [0.4, 0.5) is 0 Å². The molecule has 0 saturated heterocycles. The second-order valence-corrected chi connectivity index (χ2v) is 10.3. The molecule has 0 saturated carbocycles. The van der Waals surface area contributed by atoms with E-state index in [2.05, 4.69) is 36.8 Å². The fraction of sp³-hybridized carbons (Fsp3) is 0.318. The molecule has 7 heteroatoms. The van der Waals surface area contributed by atoms with Crippen molar-refractivity contribution in [1.29, 1.82) is 0 Å². The van der Waals surface area contributed by atoms with Gasteiger partial charge in [0.05, 0.1) is 22.4 Å². The van der Waals surface area contributed by atoms with Crippen molar-refractivity contribution in [2.45, 2.75) is 50.2 Å². The van der Waals surface area contributed by atoms with Gasteiger partial charge in [0, 0.05) is 33.8 Å². The van der Waals surface area contributed by atoms with Gasteiger partial charge in [0.2, 0.25) is 0 Å². The summed E-state index contributed by atoms with van der Waals surface area (Å²) in [6.45, 7) is 6.97. The first kappa shape index (κ1) is 19.2. The van der Waals surface area contributed by atoms with Gasteiger partial charge in [-0.05, 0) is 38.0 Å². The van der Waals surface area contributed by atoms with Crippen LogP contribution in [0, 0.1) is 6.92 Å². The number of thioether (sulfide) groups is 1. The maximum Gasteiger partial charge on any atom is 0.126 e. The predicted octanol–water partition coefficient (Wildman–Crippen LogP) is 6.34. The number of aryl methyl sites for hydroxylation is 1. The Morgan fingerprint density at radius 1 is 1.21 bits per heavy atom. The zero-order valence-electron chi connectivity index (χ0n) is 16.5. The van der Waals surface area contributed by atoms with Crippen molar-refractivity contribution < 1.29 is 4.74 Å². The number of aromatic nitrogens is 3. The summed E-state index contributed by atoms with van der Waals surface area (Å²) in [5.74, 6) is 0.769. The largest absolute Gasteiger partial charge is 0.370 e. The van der Waals surface area contributed by atoms with E-state index < -0.39 is 0 Å². The Bertz CT molecular complexity index is 1250.